The van der Waals surface area contributed by atoms with Gasteiger partial charge in [-0.25, -0.2) is 14.3 Å². The van der Waals surface area contributed by atoms with Crippen molar-refractivity contribution < 1.29 is 0 Å². The van der Waals surface area contributed by atoms with Gasteiger partial charge in [-0.1, -0.05) is 25.1 Å². The van der Waals surface area contributed by atoms with Gasteiger partial charge in [-0.3, -0.25) is 4.40 Å². The standard InChI is InChI=1S/C20H18N4O/c1-2-16-15-9-8-14(13-6-7-13)12-17(15)24(20(25)22-16)19-5-3-4-18-21-10-11-23(18)19/h3-5,8-13H,2,6-7H2,1H3. The van der Waals surface area contributed by atoms with E-state index >= 15 is 0 Å². The highest BCUT2D eigenvalue weighted by molar-refractivity contribution is 5.83. The Balaban J connectivity index is 1.91. The summed E-state index contributed by atoms with van der Waals surface area (Å²) < 4.78 is 3.65. The molecule has 25 heavy (non-hydrogen) atoms. The van der Waals surface area contributed by atoms with E-state index in [2.05, 4.69) is 28.2 Å². The first-order valence-electron chi connectivity index (χ1n) is 8.74. The number of imidazole rings is 1. The largest absolute Gasteiger partial charge is 0.354 e. The van der Waals surface area contributed by atoms with Gasteiger partial charge in [0.1, 0.15) is 11.5 Å². The number of benzene rings is 1. The van der Waals surface area contributed by atoms with E-state index in [0.29, 0.717) is 5.92 Å². The van der Waals surface area contributed by atoms with Crippen molar-refractivity contribution in [2.24, 2.45) is 0 Å². The molecular formula is C20H18N4O. The highest BCUT2D eigenvalue weighted by Crippen LogP contribution is 2.41. The quantitative estimate of drug-likeness (QED) is 0.578. The summed E-state index contributed by atoms with van der Waals surface area (Å²) in [7, 11) is 0. The number of hydrogen-bond acceptors (Lipinski definition) is 3. The van der Waals surface area contributed by atoms with Crippen LogP contribution in [0.1, 0.15) is 36.9 Å². The average molecular weight is 330 g/mol. The van der Waals surface area contributed by atoms with Crippen molar-refractivity contribution in [3.63, 3.8) is 0 Å². The van der Waals surface area contributed by atoms with Crippen LogP contribution in [0.3, 0.4) is 0 Å². The van der Waals surface area contributed by atoms with Gasteiger partial charge in [-0.05, 0) is 48.9 Å². The molecule has 0 N–H and O–H groups in total. The number of aromatic nitrogens is 4. The van der Waals surface area contributed by atoms with Crippen molar-refractivity contribution in [3.05, 3.63) is 70.5 Å². The second-order valence-electron chi connectivity index (χ2n) is 6.62. The number of pyridine rings is 1. The molecule has 1 aromatic carbocycles. The summed E-state index contributed by atoms with van der Waals surface area (Å²) in [6.07, 6.45) is 6.83. The Labute approximate surface area is 144 Å². The van der Waals surface area contributed by atoms with Crippen LogP contribution in [-0.4, -0.2) is 18.9 Å². The lowest BCUT2D eigenvalue weighted by Gasteiger charge is -2.14. The zero-order valence-corrected chi connectivity index (χ0v) is 14.0. The van der Waals surface area contributed by atoms with Crippen LogP contribution in [0, 0.1) is 0 Å². The van der Waals surface area contributed by atoms with Gasteiger partial charge in [0.05, 0.1) is 11.2 Å². The summed E-state index contributed by atoms with van der Waals surface area (Å²) in [5.41, 5.74) is 3.68. The fourth-order valence-corrected chi connectivity index (χ4v) is 3.58. The Morgan fingerprint density at radius 2 is 2.08 bits per heavy atom. The van der Waals surface area contributed by atoms with Gasteiger partial charge < -0.3 is 0 Å². The number of aryl methyl sites for hydroxylation is 1. The van der Waals surface area contributed by atoms with E-state index < -0.39 is 0 Å². The first-order chi connectivity index (χ1) is 12.3. The molecule has 124 valence electrons. The van der Waals surface area contributed by atoms with E-state index in [0.717, 1.165) is 34.5 Å². The first kappa shape index (κ1) is 14.4. The third-order valence-electron chi connectivity index (χ3n) is 5.02. The summed E-state index contributed by atoms with van der Waals surface area (Å²) in [6.45, 7) is 2.04. The van der Waals surface area contributed by atoms with Crippen molar-refractivity contribution >= 4 is 16.6 Å². The fraction of sp³-hybridized carbons (Fsp3) is 0.250. The second kappa shape index (κ2) is 5.28. The van der Waals surface area contributed by atoms with Crippen LogP contribution in [-0.2, 0) is 6.42 Å². The van der Waals surface area contributed by atoms with Crippen molar-refractivity contribution in [3.8, 4) is 5.82 Å². The molecule has 0 saturated heterocycles. The molecule has 0 unspecified atom stereocenters. The molecule has 0 amide bonds. The smallest absolute Gasteiger partial charge is 0.285 e. The SMILES string of the molecule is CCc1nc(=O)n(-c2cccc3nccn23)c2cc(C3CC3)ccc12. The molecule has 0 bridgehead atoms. The number of hydrogen-bond donors (Lipinski definition) is 0. The molecule has 1 aliphatic carbocycles. The van der Waals surface area contributed by atoms with Crippen LogP contribution in [0.5, 0.6) is 0 Å². The lowest BCUT2D eigenvalue weighted by molar-refractivity contribution is 0.871. The molecular weight excluding hydrogens is 312 g/mol. The van der Waals surface area contributed by atoms with E-state index in [9.17, 15) is 4.79 Å². The summed E-state index contributed by atoms with van der Waals surface area (Å²) in [6, 6.07) is 12.3. The zero-order valence-electron chi connectivity index (χ0n) is 14.0. The topological polar surface area (TPSA) is 52.2 Å². The molecule has 0 aliphatic heterocycles. The summed E-state index contributed by atoms with van der Waals surface area (Å²) in [4.78, 5) is 21.6. The van der Waals surface area contributed by atoms with Crippen LogP contribution in [0.25, 0.3) is 22.4 Å². The Morgan fingerprint density at radius 3 is 2.88 bits per heavy atom. The van der Waals surface area contributed by atoms with Crippen LogP contribution in [0.2, 0.25) is 0 Å². The molecule has 0 spiro atoms. The summed E-state index contributed by atoms with van der Waals surface area (Å²) >= 11 is 0. The molecule has 5 nitrogen and oxygen atoms in total. The van der Waals surface area contributed by atoms with Gasteiger partial charge in [0.2, 0.25) is 0 Å². The molecule has 0 atom stereocenters. The van der Waals surface area contributed by atoms with Crippen molar-refractivity contribution in [1.82, 2.24) is 18.9 Å². The third-order valence-corrected chi connectivity index (χ3v) is 5.02. The molecule has 4 aromatic rings. The van der Waals surface area contributed by atoms with Gasteiger partial charge >= 0.3 is 5.69 Å². The molecule has 3 heterocycles. The Hall–Kier alpha value is -2.95. The van der Waals surface area contributed by atoms with Crippen LogP contribution >= 0.6 is 0 Å². The lowest BCUT2D eigenvalue weighted by atomic mass is 10.1. The van der Waals surface area contributed by atoms with Gasteiger partial charge in [0.15, 0.2) is 0 Å². The predicted octanol–water partition coefficient (Wildman–Crippen LogP) is 3.47. The Morgan fingerprint density at radius 1 is 1.20 bits per heavy atom. The van der Waals surface area contributed by atoms with Crippen LogP contribution < -0.4 is 5.69 Å². The molecule has 1 saturated carbocycles. The lowest BCUT2D eigenvalue weighted by Crippen LogP contribution is -2.25. The van der Waals surface area contributed by atoms with E-state index in [1.54, 1.807) is 10.8 Å². The monoisotopic (exact) mass is 330 g/mol. The van der Waals surface area contributed by atoms with E-state index in [1.807, 2.05) is 35.7 Å². The maximum absolute atomic E-state index is 12.9. The summed E-state index contributed by atoms with van der Waals surface area (Å²) in [5, 5.41) is 1.05. The Bertz CT molecular complexity index is 1170. The average Bonchev–Trinajstić information content (AvgIpc) is 3.37. The molecule has 0 radical (unpaired) electrons. The maximum atomic E-state index is 12.9. The van der Waals surface area contributed by atoms with Gasteiger partial charge in [-0.15, -0.1) is 0 Å². The molecule has 1 fully saturated rings. The van der Waals surface area contributed by atoms with E-state index in [4.69, 9.17) is 0 Å². The predicted molar refractivity (Wildman–Crippen MR) is 97.4 cm³/mol. The maximum Gasteiger partial charge on any atom is 0.354 e. The van der Waals surface area contributed by atoms with Crippen LogP contribution in [0.15, 0.2) is 53.6 Å². The summed E-state index contributed by atoms with van der Waals surface area (Å²) in [5.74, 6) is 1.41. The zero-order chi connectivity index (χ0) is 17.0. The molecule has 5 heteroatoms. The minimum absolute atomic E-state index is 0.238. The third kappa shape index (κ3) is 2.19. The highest BCUT2D eigenvalue weighted by Gasteiger charge is 2.24. The minimum atomic E-state index is -0.238. The molecule has 3 aromatic heterocycles. The van der Waals surface area contributed by atoms with Gasteiger partial charge in [-0.2, -0.15) is 4.98 Å². The molecule has 1 aliphatic rings. The normalized spacial score (nSPS) is 14.4. The number of rotatable bonds is 3. The van der Waals surface area contributed by atoms with Crippen molar-refractivity contribution in [2.45, 2.75) is 32.1 Å². The number of nitrogens with zero attached hydrogens (tertiary/aromatic N) is 4. The Kier molecular flexibility index (Phi) is 3.04. The van der Waals surface area contributed by atoms with E-state index in [1.165, 1.54) is 18.4 Å². The first-order valence-corrected chi connectivity index (χ1v) is 8.74. The minimum Gasteiger partial charge on any atom is -0.285 e. The number of fused-ring (bicyclic) bond motifs is 2. The van der Waals surface area contributed by atoms with Gasteiger partial charge in [0.25, 0.3) is 0 Å². The van der Waals surface area contributed by atoms with E-state index in [-0.39, 0.29) is 5.69 Å². The molecule has 5 rings (SSSR count). The van der Waals surface area contributed by atoms with Crippen molar-refractivity contribution in [1.29, 1.82) is 0 Å². The van der Waals surface area contributed by atoms with Crippen molar-refractivity contribution in [2.75, 3.05) is 0 Å². The highest BCUT2D eigenvalue weighted by atomic mass is 16.1. The van der Waals surface area contributed by atoms with Gasteiger partial charge in [0, 0.05) is 17.8 Å². The second-order valence-corrected chi connectivity index (χ2v) is 6.62. The fourth-order valence-electron chi connectivity index (χ4n) is 3.58. The van der Waals surface area contributed by atoms with Crippen LogP contribution in [0.4, 0.5) is 0 Å².